The molecule has 0 rings (SSSR count). The average Bonchev–Trinajstić information content (AvgIpc) is 2.60. The van der Waals surface area contributed by atoms with E-state index in [4.69, 9.17) is 15.1 Å². The zero-order valence-electron chi connectivity index (χ0n) is 18.4. The van der Waals surface area contributed by atoms with Crippen molar-refractivity contribution in [3.63, 3.8) is 0 Å². The Kier molecular flexibility index (Phi) is 37.2. The smallest absolute Gasteiger partial charge is 0.142 e. The van der Waals surface area contributed by atoms with Crippen molar-refractivity contribution >= 4 is 7.32 Å². The molecule has 0 heterocycles. The van der Waals surface area contributed by atoms with Gasteiger partial charge in [0.05, 0.1) is 0 Å². The Morgan fingerprint density at radius 1 is 0.400 bits per heavy atom. The molecule has 0 saturated carbocycles. The van der Waals surface area contributed by atoms with Gasteiger partial charge in [-0.1, -0.05) is 0 Å². The summed E-state index contributed by atoms with van der Waals surface area (Å²) in [5.74, 6) is 0. The van der Waals surface area contributed by atoms with Gasteiger partial charge in [0.25, 0.3) is 0 Å². The van der Waals surface area contributed by atoms with Gasteiger partial charge in [-0.25, -0.2) is 0 Å². The number of hydrogen-bond acceptors (Lipinski definition) is 3. The van der Waals surface area contributed by atoms with Gasteiger partial charge in [0, 0.05) is 62.3 Å². The Morgan fingerprint density at radius 2 is 0.480 bits per heavy atom. The van der Waals surface area contributed by atoms with Crippen LogP contribution in [0.3, 0.4) is 0 Å². The van der Waals surface area contributed by atoms with Gasteiger partial charge in [-0.3, -0.25) is 7.32 Å². The van der Waals surface area contributed by atoms with Gasteiger partial charge in [-0.05, 0) is 0 Å². The minimum absolute atomic E-state index is 1.10. The molecule has 7 heteroatoms. The fourth-order valence-electron chi connectivity index (χ4n) is 1.84. The molecule has 0 N–H and O–H groups in total. The van der Waals surface area contributed by atoms with Crippen molar-refractivity contribution in [1.29, 1.82) is 0 Å². The van der Waals surface area contributed by atoms with E-state index in [0.717, 1.165) is 59.5 Å². The van der Waals surface area contributed by atoms with E-state index in [9.17, 15) is 0 Å². The van der Waals surface area contributed by atoms with Gasteiger partial charge >= 0.3 is 0 Å². The molecule has 0 aliphatic rings. The lowest BCUT2D eigenvalue weighted by Crippen LogP contribution is -2.56. The van der Waals surface area contributed by atoms with Gasteiger partial charge in [0.2, 0.25) is 0 Å². The molecular weight excluding hydrogens is 323 g/mol. The van der Waals surface area contributed by atoms with Crippen LogP contribution in [0, 0.1) is 0 Å². The van der Waals surface area contributed by atoms with Crippen molar-refractivity contribution in [2.24, 2.45) is 0 Å². The minimum atomic E-state index is -2.92. The third-order valence-electron chi connectivity index (χ3n) is 3.67. The van der Waals surface area contributed by atoms with E-state index in [-0.39, 0.29) is 0 Å². The molecule has 156 valence electrons. The first-order valence-corrected chi connectivity index (χ1v) is 9.67. The Balaban J connectivity index is -0.000000120. The Hall–Kier alpha value is -0.175. The van der Waals surface area contributed by atoms with Crippen LogP contribution in [0.15, 0.2) is 0 Å². The van der Waals surface area contributed by atoms with Gasteiger partial charge in [-0.15, -0.1) is 0 Å². The van der Waals surface area contributed by atoms with Crippen LogP contribution in [-0.4, -0.2) is 66.8 Å². The van der Waals surface area contributed by atoms with Crippen LogP contribution >= 0.6 is 0 Å². The van der Waals surface area contributed by atoms with Crippen LogP contribution in [0.25, 0.3) is 0 Å². The lowest BCUT2D eigenvalue weighted by atomic mass is 10.3. The molecule has 0 bridgehead atoms. The molecule has 0 unspecified atom stereocenters. The van der Waals surface area contributed by atoms with Crippen LogP contribution in [0.1, 0.15) is 62.3 Å². The fraction of sp³-hybridized carbons (Fsp3) is 1.00. The summed E-state index contributed by atoms with van der Waals surface area (Å²) in [6.07, 6.45) is 0. The summed E-state index contributed by atoms with van der Waals surface area (Å²) >= 11 is 0. The van der Waals surface area contributed by atoms with Crippen LogP contribution < -0.4 is 15.1 Å². The molecule has 0 amide bonds. The van der Waals surface area contributed by atoms with E-state index in [2.05, 4.69) is 75.4 Å². The van der Waals surface area contributed by atoms with Crippen molar-refractivity contribution in [2.45, 2.75) is 62.3 Å². The van der Waals surface area contributed by atoms with E-state index in [1.54, 1.807) is 0 Å². The van der Waals surface area contributed by atoms with E-state index < -0.39 is 7.32 Å². The van der Waals surface area contributed by atoms with Crippen molar-refractivity contribution < 1.29 is 28.2 Å². The van der Waals surface area contributed by atoms with Gasteiger partial charge in [0.1, 0.15) is 59.5 Å². The largest absolute Gasteiger partial charge is 0.907 e. The standard InChI is InChI=1S/3C6H15O.BO3/c3*1-4-7(5-2)6-3;2-1(3)4/h3*4-6H2,1-3H3;/q3*+1;-3. The van der Waals surface area contributed by atoms with Crippen LogP contribution in [0.4, 0.5) is 0 Å². The van der Waals surface area contributed by atoms with Crippen LogP contribution in [-0.2, 0) is 13.1 Å². The van der Waals surface area contributed by atoms with E-state index >= 15 is 0 Å². The molecule has 0 aromatic rings. The molecule has 25 heavy (non-hydrogen) atoms. The molecule has 6 nitrogen and oxygen atoms in total. The van der Waals surface area contributed by atoms with Gasteiger partial charge in [0.15, 0.2) is 0 Å². The molecule has 0 aliphatic heterocycles. The maximum atomic E-state index is 8.42. The topological polar surface area (TPSA) is 77.3 Å². The summed E-state index contributed by atoms with van der Waals surface area (Å²) in [4.78, 5) is 0. The third-order valence-corrected chi connectivity index (χ3v) is 3.67. The molecular formula is C18H45BO6. The fourth-order valence-corrected chi connectivity index (χ4v) is 1.84. The lowest BCUT2D eigenvalue weighted by Gasteiger charge is -2.35. The van der Waals surface area contributed by atoms with Gasteiger partial charge < -0.3 is 28.2 Å². The maximum absolute atomic E-state index is 8.42. The zero-order chi connectivity index (χ0) is 20.7. The predicted octanol–water partition coefficient (Wildman–Crippen LogP) is 0.847. The molecule has 0 fully saturated rings. The molecule has 0 atom stereocenters. The number of rotatable bonds is 9. The summed E-state index contributed by atoms with van der Waals surface area (Å²) in [6.45, 7) is 29.3. The Labute approximate surface area is 158 Å². The first-order valence-electron chi connectivity index (χ1n) is 9.67. The summed E-state index contributed by atoms with van der Waals surface area (Å²) in [7, 11) is -2.92. The van der Waals surface area contributed by atoms with E-state index in [0.29, 0.717) is 0 Å². The predicted molar refractivity (Wildman–Crippen MR) is 104 cm³/mol. The molecule has 0 saturated heterocycles. The highest BCUT2D eigenvalue weighted by atomic mass is 16.7. The second kappa shape index (κ2) is 28.6. The van der Waals surface area contributed by atoms with Crippen molar-refractivity contribution in [2.75, 3.05) is 59.5 Å². The molecule has 0 aromatic carbocycles. The molecule has 0 spiro atoms. The van der Waals surface area contributed by atoms with E-state index in [1.165, 1.54) is 0 Å². The van der Waals surface area contributed by atoms with Crippen molar-refractivity contribution in [3.8, 4) is 0 Å². The van der Waals surface area contributed by atoms with E-state index in [1.807, 2.05) is 0 Å². The van der Waals surface area contributed by atoms with Crippen LogP contribution in [0.5, 0.6) is 0 Å². The normalized spacial score (nSPS) is 9.72. The average molecular weight is 368 g/mol. The van der Waals surface area contributed by atoms with Crippen molar-refractivity contribution in [1.82, 2.24) is 0 Å². The maximum Gasteiger partial charge on any atom is 0.142 e. The molecule has 0 aromatic heterocycles. The summed E-state index contributed by atoms with van der Waals surface area (Å²) in [6, 6.07) is 0. The first kappa shape index (κ1) is 32.5. The highest BCUT2D eigenvalue weighted by molar-refractivity contribution is 6.24. The third kappa shape index (κ3) is 35.7. The Morgan fingerprint density at radius 3 is 0.480 bits per heavy atom. The highest BCUT2D eigenvalue weighted by Crippen LogP contribution is 1.91. The lowest BCUT2D eigenvalue weighted by molar-refractivity contribution is -0.479. The minimum Gasteiger partial charge on any atom is -0.907 e. The van der Waals surface area contributed by atoms with Gasteiger partial charge in [-0.2, -0.15) is 0 Å². The Bertz CT molecular complexity index is 148. The summed E-state index contributed by atoms with van der Waals surface area (Å²) < 4.78 is 9.21. The zero-order valence-corrected chi connectivity index (χ0v) is 18.4. The molecule has 0 aliphatic carbocycles. The highest BCUT2D eigenvalue weighted by Gasteiger charge is 1.95. The second-order valence-electron chi connectivity index (χ2n) is 4.72. The quantitative estimate of drug-likeness (QED) is 0.447. The first-order chi connectivity index (χ1) is 11.8. The summed E-state index contributed by atoms with van der Waals surface area (Å²) in [5, 5.41) is 25.2. The number of hydrogen-bond donors (Lipinski definition) is 0. The monoisotopic (exact) mass is 368 g/mol. The van der Waals surface area contributed by atoms with Crippen molar-refractivity contribution in [3.05, 3.63) is 0 Å². The van der Waals surface area contributed by atoms with Crippen LogP contribution in [0.2, 0.25) is 0 Å². The summed E-state index contributed by atoms with van der Waals surface area (Å²) in [5.41, 5.74) is 0. The SMILES string of the molecule is CC[O+](CC)CC.CC[O+](CC)CC.CC[O+](CC)CC.[O-]B([O-])[O-]. The second-order valence-corrected chi connectivity index (χ2v) is 4.72. The molecule has 0 radical (unpaired) electrons.